The number of hydrogen-bond acceptors (Lipinski definition) is 6. The number of β-amino-alcohol motifs (C(OH)–C–C–N with tert-alkyl or cyclic N) is 1. The van der Waals surface area contributed by atoms with Crippen molar-refractivity contribution < 1.29 is 24.2 Å². The van der Waals surface area contributed by atoms with Crippen LogP contribution >= 0.6 is 0 Å². The zero-order valence-corrected chi connectivity index (χ0v) is 20.0. The molecule has 1 atom stereocenters. The van der Waals surface area contributed by atoms with E-state index in [1.165, 1.54) is 0 Å². The highest BCUT2D eigenvalue weighted by atomic mass is 16.5. The van der Waals surface area contributed by atoms with E-state index in [2.05, 4.69) is 5.32 Å². The van der Waals surface area contributed by atoms with Crippen LogP contribution in [0.1, 0.15) is 57.4 Å². The Balaban J connectivity index is 1.48. The fourth-order valence-corrected chi connectivity index (χ4v) is 3.17. The van der Waals surface area contributed by atoms with Crippen molar-refractivity contribution in [1.29, 1.82) is 0 Å². The summed E-state index contributed by atoms with van der Waals surface area (Å²) in [5.74, 6) is -0.416. The van der Waals surface area contributed by atoms with Crippen molar-refractivity contribution in [1.82, 2.24) is 5.32 Å². The van der Waals surface area contributed by atoms with Gasteiger partial charge in [0.1, 0.15) is 12.4 Å². The van der Waals surface area contributed by atoms with Crippen LogP contribution in [0.25, 0.3) is 0 Å². The van der Waals surface area contributed by atoms with Gasteiger partial charge in [-0.05, 0) is 69.7 Å². The van der Waals surface area contributed by atoms with E-state index < -0.39 is 17.6 Å². The summed E-state index contributed by atoms with van der Waals surface area (Å²) in [6.07, 6.45) is -0.783. The normalized spacial score (nSPS) is 12.1. The maximum Gasteiger partial charge on any atom is 0.343 e. The number of esters is 2. The van der Waals surface area contributed by atoms with Crippen molar-refractivity contribution in [2.24, 2.45) is 0 Å². The quantitative estimate of drug-likeness (QED) is 0.352. The number of rotatable bonds is 9. The molecule has 0 aromatic heterocycles. The molecule has 3 aromatic carbocycles. The molecule has 0 amide bonds. The van der Waals surface area contributed by atoms with Crippen LogP contribution in [0.15, 0.2) is 72.8 Å². The Morgan fingerprint density at radius 2 is 1.32 bits per heavy atom. The monoisotopic (exact) mass is 461 g/mol. The summed E-state index contributed by atoms with van der Waals surface area (Å²) in [6, 6.07) is 21.1. The fourth-order valence-electron chi connectivity index (χ4n) is 3.17. The molecular formula is C28H31NO5. The highest BCUT2D eigenvalue weighted by Crippen LogP contribution is 2.20. The summed E-state index contributed by atoms with van der Waals surface area (Å²) in [7, 11) is 0. The average molecular weight is 462 g/mol. The zero-order valence-electron chi connectivity index (χ0n) is 20.0. The second kappa shape index (κ2) is 11.1. The zero-order chi connectivity index (χ0) is 24.7. The molecule has 0 radical (unpaired) electrons. The first-order valence-electron chi connectivity index (χ1n) is 11.2. The van der Waals surface area contributed by atoms with E-state index >= 15 is 0 Å². The van der Waals surface area contributed by atoms with E-state index in [0.29, 0.717) is 22.4 Å². The Morgan fingerprint density at radius 1 is 0.824 bits per heavy atom. The number of carbonyl (C=O) groups is 2. The summed E-state index contributed by atoms with van der Waals surface area (Å²) < 4.78 is 10.8. The largest absolute Gasteiger partial charge is 0.460 e. The first-order valence-corrected chi connectivity index (χ1v) is 11.2. The van der Waals surface area contributed by atoms with Crippen LogP contribution in [0.2, 0.25) is 0 Å². The van der Waals surface area contributed by atoms with Crippen LogP contribution in [-0.2, 0) is 4.74 Å². The third kappa shape index (κ3) is 7.27. The first kappa shape index (κ1) is 25.1. The lowest BCUT2D eigenvalue weighted by Gasteiger charge is -2.27. The number of hydrogen-bond donors (Lipinski definition) is 2. The number of benzene rings is 3. The summed E-state index contributed by atoms with van der Waals surface area (Å²) in [5, 5.41) is 13.8. The van der Waals surface area contributed by atoms with Gasteiger partial charge in [-0.2, -0.15) is 0 Å². The third-order valence-electron chi connectivity index (χ3n) is 5.39. The van der Waals surface area contributed by atoms with Gasteiger partial charge in [0, 0.05) is 12.1 Å². The van der Waals surface area contributed by atoms with E-state index in [1.54, 1.807) is 48.5 Å². The van der Waals surface area contributed by atoms with Crippen molar-refractivity contribution in [3.8, 4) is 5.75 Å². The minimum absolute atomic E-state index is 0.153. The minimum Gasteiger partial charge on any atom is -0.460 e. The molecule has 0 aliphatic rings. The molecule has 0 spiro atoms. The predicted molar refractivity (Wildman–Crippen MR) is 131 cm³/mol. The molecule has 0 fully saturated rings. The summed E-state index contributed by atoms with van der Waals surface area (Å²) >= 11 is 0. The standard InChI is InChI=1S/C28H31NO5/c1-19-5-9-22(10-6-19)26(31)33-18-28(3,4)29-17-25(30)21-13-15-24(16-14-21)34-27(32)23-11-7-20(2)8-12-23/h5-16,25,29-30H,17-18H2,1-4H3. The molecule has 178 valence electrons. The van der Waals surface area contributed by atoms with Crippen LogP contribution in [-0.4, -0.2) is 35.7 Å². The van der Waals surface area contributed by atoms with Gasteiger partial charge in [-0.3, -0.25) is 0 Å². The van der Waals surface area contributed by atoms with Crippen molar-refractivity contribution in [2.75, 3.05) is 13.2 Å². The molecule has 6 heteroatoms. The summed E-state index contributed by atoms with van der Waals surface area (Å²) in [6.45, 7) is 8.12. The number of aliphatic hydroxyl groups excluding tert-OH is 1. The van der Waals surface area contributed by atoms with Gasteiger partial charge < -0.3 is 19.9 Å². The number of ether oxygens (including phenoxy) is 2. The molecule has 3 rings (SSSR count). The van der Waals surface area contributed by atoms with Crippen molar-refractivity contribution in [3.05, 3.63) is 101 Å². The lowest BCUT2D eigenvalue weighted by molar-refractivity contribution is 0.0384. The second-order valence-electron chi connectivity index (χ2n) is 9.05. The van der Waals surface area contributed by atoms with Crippen LogP contribution in [0.4, 0.5) is 0 Å². The Kier molecular flexibility index (Phi) is 8.21. The molecule has 3 aromatic rings. The average Bonchev–Trinajstić information content (AvgIpc) is 2.82. The molecule has 0 saturated carbocycles. The SMILES string of the molecule is Cc1ccc(C(=O)OCC(C)(C)NCC(O)c2ccc(OC(=O)c3ccc(C)cc3)cc2)cc1. The molecule has 1 unspecified atom stereocenters. The van der Waals surface area contributed by atoms with Crippen molar-refractivity contribution >= 4 is 11.9 Å². The van der Waals surface area contributed by atoms with Gasteiger partial charge in [0.15, 0.2) is 0 Å². The Morgan fingerprint density at radius 3 is 1.85 bits per heavy atom. The maximum absolute atomic E-state index is 12.3. The Hall–Kier alpha value is -3.48. The summed E-state index contributed by atoms with van der Waals surface area (Å²) in [4.78, 5) is 24.5. The van der Waals surface area contributed by atoms with Gasteiger partial charge in [-0.15, -0.1) is 0 Å². The molecule has 0 aliphatic heterocycles. The minimum atomic E-state index is -0.783. The molecule has 2 N–H and O–H groups in total. The first-order chi connectivity index (χ1) is 16.1. The molecular weight excluding hydrogens is 430 g/mol. The van der Waals surface area contributed by atoms with Gasteiger partial charge in [0.05, 0.1) is 17.2 Å². The highest BCUT2D eigenvalue weighted by Gasteiger charge is 2.22. The molecule has 0 aliphatic carbocycles. The summed E-state index contributed by atoms with van der Waals surface area (Å²) in [5.41, 5.74) is 3.26. The van der Waals surface area contributed by atoms with Crippen LogP contribution in [0, 0.1) is 13.8 Å². The molecule has 0 saturated heterocycles. The number of nitrogens with one attached hydrogen (secondary N) is 1. The third-order valence-corrected chi connectivity index (χ3v) is 5.39. The van der Waals surface area contributed by atoms with Gasteiger partial charge in [-0.1, -0.05) is 47.5 Å². The molecule has 34 heavy (non-hydrogen) atoms. The number of aliphatic hydroxyl groups is 1. The molecule has 6 nitrogen and oxygen atoms in total. The van der Waals surface area contributed by atoms with Crippen LogP contribution in [0.5, 0.6) is 5.75 Å². The van der Waals surface area contributed by atoms with Gasteiger partial charge in [-0.25, -0.2) is 9.59 Å². The highest BCUT2D eigenvalue weighted by molar-refractivity contribution is 5.91. The van der Waals surface area contributed by atoms with Crippen LogP contribution < -0.4 is 10.1 Å². The molecule has 0 bridgehead atoms. The smallest absolute Gasteiger partial charge is 0.343 e. The van der Waals surface area contributed by atoms with E-state index in [1.807, 2.05) is 52.0 Å². The van der Waals surface area contributed by atoms with E-state index in [9.17, 15) is 14.7 Å². The van der Waals surface area contributed by atoms with Gasteiger partial charge in [0.25, 0.3) is 0 Å². The topological polar surface area (TPSA) is 84.9 Å². The Labute approximate surface area is 200 Å². The number of aryl methyl sites for hydroxylation is 2. The maximum atomic E-state index is 12.3. The van der Waals surface area contributed by atoms with E-state index in [4.69, 9.17) is 9.47 Å². The molecule has 0 heterocycles. The van der Waals surface area contributed by atoms with Gasteiger partial charge in [0.2, 0.25) is 0 Å². The van der Waals surface area contributed by atoms with Crippen molar-refractivity contribution in [2.45, 2.75) is 39.3 Å². The fraction of sp³-hybridized carbons (Fsp3) is 0.286. The van der Waals surface area contributed by atoms with E-state index in [0.717, 1.165) is 11.1 Å². The lowest BCUT2D eigenvalue weighted by atomic mass is 10.0. The Bertz CT molecular complexity index is 1100. The lowest BCUT2D eigenvalue weighted by Crippen LogP contribution is -2.45. The van der Waals surface area contributed by atoms with Gasteiger partial charge >= 0.3 is 11.9 Å². The van der Waals surface area contributed by atoms with Crippen LogP contribution in [0.3, 0.4) is 0 Å². The second-order valence-corrected chi connectivity index (χ2v) is 9.05. The van der Waals surface area contributed by atoms with E-state index in [-0.39, 0.29) is 19.1 Å². The number of carbonyl (C=O) groups excluding carboxylic acids is 2. The predicted octanol–water partition coefficient (Wildman–Crippen LogP) is 4.78. The van der Waals surface area contributed by atoms with Crippen molar-refractivity contribution in [3.63, 3.8) is 0 Å².